The Bertz CT molecular complexity index is 395. The summed E-state index contributed by atoms with van der Waals surface area (Å²) in [5.41, 5.74) is 12.1. The van der Waals surface area contributed by atoms with Crippen molar-refractivity contribution in [2.75, 3.05) is 23.4 Å². The zero-order chi connectivity index (χ0) is 12.5. The first-order chi connectivity index (χ1) is 7.40. The second kappa shape index (κ2) is 4.78. The molecule has 0 heterocycles. The Balaban J connectivity index is 3.28. The van der Waals surface area contributed by atoms with Gasteiger partial charge in [-0.25, -0.2) is 4.39 Å². The first-order valence-corrected chi connectivity index (χ1v) is 5.53. The Morgan fingerprint density at radius 3 is 2.50 bits per heavy atom. The van der Waals surface area contributed by atoms with Gasteiger partial charge in [0, 0.05) is 13.1 Å². The van der Waals surface area contributed by atoms with Crippen LogP contribution in [-0.2, 0) is 0 Å². The minimum absolute atomic E-state index is 0.0700. The molecule has 0 aliphatic carbocycles. The van der Waals surface area contributed by atoms with Crippen LogP contribution < -0.4 is 16.4 Å². The maximum atomic E-state index is 13.9. The lowest BCUT2D eigenvalue weighted by atomic mass is 10.1. The van der Waals surface area contributed by atoms with Crippen LogP contribution in [-0.4, -0.2) is 13.1 Å². The van der Waals surface area contributed by atoms with E-state index in [1.807, 2.05) is 13.8 Å². The van der Waals surface area contributed by atoms with Crippen molar-refractivity contribution in [3.63, 3.8) is 0 Å². The van der Waals surface area contributed by atoms with E-state index in [1.165, 1.54) is 6.07 Å². The van der Waals surface area contributed by atoms with Gasteiger partial charge in [-0.3, -0.25) is 0 Å². The smallest absolute Gasteiger partial charge is 0.169 e. The summed E-state index contributed by atoms with van der Waals surface area (Å²) in [6.45, 7) is 4.01. The zero-order valence-corrected chi connectivity index (χ0v) is 10.5. The van der Waals surface area contributed by atoms with E-state index < -0.39 is 5.82 Å². The molecule has 4 N–H and O–H groups in total. The molecular weight excluding hydrogens is 229 g/mol. The van der Waals surface area contributed by atoms with Crippen molar-refractivity contribution in [2.45, 2.75) is 26.3 Å². The lowest BCUT2D eigenvalue weighted by molar-refractivity contribution is 0.601. The molecule has 0 saturated heterocycles. The van der Waals surface area contributed by atoms with Crippen molar-refractivity contribution in [2.24, 2.45) is 0 Å². The van der Waals surface area contributed by atoms with Gasteiger partial charge in [0.1, 0.15) is 5.02 Å². The third-order valence-corrected chi connectivity index (χ3v) is 3.23. The van der Waals surface area contributed by atoms with Crippen LogP contribution in [0, 0.1) is 5.82 Å². The summed E-state index contributed by atoms with van der Waals surface area (Å²) in [6.07, 6.45) is 0.886. The molecule has 0 aromatic heterocycles. The van der Waals surface area contributed by atoms with Crippen molar-refractivity contribution in [1.29, 1.82) is 0 Å². The third-order valence-electron chi connectivity index (χ3n) is 2.84. The van der Waals surface area contributed by atoms with Crippen molar-refractivity contribution >= 4 is 28.7 Å². The van der Waals surface area contributed by atoms with Crippen LogP contribution in [0.5, 0.6) is 0 Å². The molecule has 16 heavy (non-hydrogen) atoms. The van der Waals surface area contributed by atoms with E-state index in [-0.39, 0.29) is 16.8 Å². The van der Waals surface area contributed by atoms with Gasteiger partial charge < -0.3 is 16.4 Å². The highest BCUT2D eigenvalue weighted by atomic mass is 35.5. The molecule has 90 valence electrons. The van der Waals surface area contributed by atoms with Crippen molar-refractivity contribution in [3.8, 4) is 0 Å². The fraction of sp³-hybridized carbons (Fsp3) is 0.455. The molecule has 1 unspecified atom stereocenters. The second-order valence-electron chi connectivity index (χ2n) is 3.90. The van der Waals surface area contributed by atoms with Gasteiger partial charge >= 0.3 is 0 Å². The monoisotopic (exact) mass is 245 g/mol. The predicted octanol–water partition coefficient (Wildman–Crippen LogP) is 2.88. The average molecular weight is 246 g/mol. The summed E-state index contributed by atoms with van der Waals surface area (Å²) >= 11 is 5.76. The highest BCUT2D eigenvalue weighted by molar-refractivity contribution is 6.33. The molecule has 0 saturated carbocycles. The van der Waals surface area contributed by atoms with Crippen LogP contribution >= 0.6 is 11.6 Å². The molecule has 0 aliphatic heterocycles. The van der Waals surface area contributed by atoms with Crippen LogP contribution in [0.15, 0.2) is 6.07 Å². The van der Waals surface area contributed by atoms with Gasteiger partial charge in [-0.05, 0) is 19.4 Å². The molecule has 0 radical (unpaired) electrons. The number of nitrogens with zero attached hydrogens (tertiary/aromatic N) is 1. The first-order valence-electron chi connectivity index (χ1n) is 5.15. The van der Waals surface area contributed by atoms with Gasteiger partial charge in [-0.1, -0.05) is 18.5 Å². The van der Waals surface area contributed by atoms with Crippen molar-refractivity contribution < 1.29 is 4.39 Å². The third kappa shape index (κ3) is 2.16. The van der Waals surface area contributed by atoms with E-state index >= 15 is 0 Å². The van der Waals surface area contributed by atoms with E-state index in [0.29, 0.717) is 11.4 Å². The fourth-order valence-electron chi connectivity index (χ4n) is 1.51. The summed E-state index contributed by atoms with van der Waals surface area (Å²) in [7, 11) is 1.79. The lowest BCUT2D eigenvalue weighted by Crippen LogP contribution is -2.29. The minimum Gasteiger partial charge on any atom is -0.397 e. The Kier molecular flexibility index (Phi) is 3.86. The molecular formula is C11H17ClFN3. The fourth-order valence-corrected chi connectivity index (χ4v) is 1.65. The summed E-state index contributed by atoms with van der Waals surface area (Å²) in [5, 5.41) is -0.0700. The maximum absolute atomic E-state index is 13.9. The molecule has 0 bridgehead atoms. The van der Waals surface area contributed by atoms with Gasteiger partial charge in [0.05, 0.1) is 17.1 Å². The molecule has 0 spiro atoms. The molecule has 1 aromatic rings. The maximum Gasteiger partial charge on any atom is 0.169 e. The van der Waals surface area contributed by atoms with Gasteiger partial charge in [0.2, 0.25) is 0 Å². The first kappa shape index (κ1) is 12.9. The standard InChI is InChI=1S/C11H17ClFN3/c1-4-6(2)16(3)11-8(15)5-7(14)9(12)10(11)13/h5-6H,4,14-15H2,1-3H3. The Labute approximate surface area is 100 Å². The van der Waals surface area contributed by atoms with Crippen molar-refractivity contribution in [3.05, 3.63) is 16.9 Å². The van der Waals surface area contributed by atoms with Crippen LogP contribution in [0.4, 0.5) is 21.5 Å². The van der Waals surface area contributed by atoms with E-state index in [2.05, 4.69) is 0 Å². The highest BCUT2D eigenvalue weighted by Crippen LogP contribution is 2.36. The number of benzene rings is 1. The van der Waals surface area contributed by atoms with E-state index in [9.17, 15) is 4.39 Å². The Hall–Kier alpha value is -1.16. The topological polar surface area (TPSA) is 55.3 Å². The summed E-state index contributed by atoms with van der Waals surface area (Å²) in [4.78, 5) is 1.77. The Morgan fingerprint density at radius 2 is 2.00 bits per heavy atom. The molecule has 1 atom stereocenters. The molecule has 0 amide bonds. The van der Waals surface area contributed by atoms with Crippen LogP contribution in [0.2, 0.25) is 5.02 Å². The average Bonchev–Trinajstić information content (AvgIpc) is 2.24. The number of hydrogen-bond donors (Lipinski definition) is 2. The van der Waals surface area contributed by atoms with Crippen LogP contribution in [0.25, 0.3) is 0 Å². The highest BCUT2D eigenvalue weighted by Gasteiger charge is 2.19. The van der Waals surface area contributed by atoms with Gasteiger partial charge in [-0.15, -0.1) is 0 Å². The summed E-state index contributed by atoms with van der Waals surface area (Å²) in [5.74, 6) is -0.554. The lowest BCUT2D eigenvalue weighted by Gasteiger charge is -2.28. The predicted molar refractivity (Wildman–Crippen MR) is 68.4 cm³/mol. The normalized spacial score (nSPS) is 12.6. The zero-order valence-electron chi connectivity index (χ0n) is 9.72. The number of nitrogens with two attached hydrogens (primary N) is 2. The molecule has 0 aliphatic rings. The Morgan fingerprint density at radius 1 is 1.44 bits per heavy atom. The molecule has 5 heteroatoms. The number of hydrogen-bond acceptors (Lipinski definition) is 3. The SMILES string of the molecule is CCC(C)N(C)c1c(N)cc(N)c(Cl)c1F. The number of rotatable bonds is 3. The van der Waals surface area contributed by atoms with Crippen LogP contribution in [0.1, 0.15) is 20.3 Å². The molecule has 0 fully saturated rings. The van der Waals surface area contributed by atoms with E-state index in [0.717, 1.165) is 6.42 Å². The van der Waals surface area contributed by atoms with E-state index in [4.69, 9.17) is 23.1 Å². The van der Waals surface area contributed by atoms with Crippen LogP contribution in [0.3, 0.4) is 0 Å². The largest absolute Gasteiger partial charge is 0.397 e. The number of halogens is 2. The van der Waals surface area contributed by atoms with E-state index in [1.54, 1.807) is 11.9 Å². The van der Waals surface area contributed by atoms with Gasteiger partial charge in [0.15, 0.2) is 5.82 Å². The quantitative estimate of drug-likeness (QED) is 0.806. The number of anilines is 3. The van der Waals surface area contributed by atoms with Gasteiger partial charge in [0.25, 0.3) is 0 Å². The molecule has 3 nitrogen and oxygen atoms in total. The summed E-state index contributed by atoms with van der Waals surface area (Å²) in [6, 6.07) is 1.66. The summed E-state index contributed by atoms with van der Waals surface area (Å²) < 4.78 is 13.9. The molecule has 1 aromatic carbocycles. The number of nitrogen functional groups attached to an aromatic ring is 2. The second-order valence-corrected chi connectivity index (χ2v) is 4.28. The minimum atomic E-state index is -0.554. The van der Waals surface area contributed by atoms with Gasteiger partial charge in [-0.2, -0.15) is 0 Å². The molecule has 1 rings (SSSR count). The van der Waals surface area contributed by atoms with Crippen molar-refractivity contribution in [1.82, 2.24) is 0 Å².